The van der Waals surface area contributed by atoms with Crippen LogP contribution < -0.4 is 0 Å². The standard InChI is InChI=1S/C19H27N3OS/c1-14(19-20-16-11-7-8-12-17(16)21-19)24-13-18(23)22(2)15-9-5-3-4-6-10-15/h7-8,11-12,14-15H,3-6,9-10,13H2,1-2H3,(H,20,21). The van der Waals surface area contributed by atoms with Crippen LogP contribution >= 0.6 is 11.8 Å². The SMILES string of the molecule is CC(SCC(=O)N(C)C1CCCCCC1)c1nc2ccccc2[nH]1. The fourth-order valence-electron chi connectivity index (χ4n) is 3.39. The van der Waals surface area contributed by atoms with Gasteiger partial charge >= 0.3 is 0 Å². The molecule has 0 spiro atoms. The van der Waals surface area contributed by atoms with Gasteiger partial charge in [0, 0.05) is 13.1 Å². The predicted octanol–water partition coefficient (Wildman–Crippen LogP) is 4.54. The molecule has 0 saturated heterocycles. The molecule has 2 aromatic rings. The van der Waals surface area contributed by atoms with E-state index in [-0.39, 0.29) is 11.2 Å². The number of hydrogen-bond donors (Lipinski definition) is 1. The van der Waals surface area contributed by atoms with Gasteiger partial charge in [-0.2, -0.15) is 0 Å². The molecule has 1 heterocycles. The highest BCUT2D eigenvalue weighted by Crippen LogP contribution is 2.28. The van der Waals surface area contributed by atoms with Gasteiger partial charge in [-0.3, -0.25) is 4.79 Å². The first-order valence-corrected chi connectivity index (χ1v) is 10.0. The number of aromatic amines is 1. The zero-order chi connectivity index (χ0) is 16.9. The average Bonchev–Trinajstić information content (AvgIpc) is 2.85. The summed E-state index contributed by atoms with van der Waals surface area (Å²) in [6.45, 7) is 2.11. The van der Waals surface area contributed by atoms with Crippen molar-refractivity contribution in [3.8, 4) is 0 Å². The molecule has 0 bridgehead atoms. The topological polar surface area (TPSA) is 49.0 Å². The number of aromatic nitrogens is 2. The maximum atomic E-state index is 12.5. The molecule has 1 atom stereocenters. The molecule has 1 saturated carbocycles. The number of fused-ring (bicyclic) bond motifs is 1. The number of thioether (sulfide) groups is 1. The molecule has 1 aromatic heterocycles. The maximum Gasteiger partial charge on any atom is 0.232 e. The highest BCUT2D eigenvalue weighted by molar-refractivity contribution is 8.00. The number of H-pyrrole nitrogens is 1. The summed E-state index contributed by atoms with van der Waals surface area (Å²) in [7, 11) is 1.98. The predicted molar refractivity (Wildman–Crippen MR) is 101 cm³/mol. The van der Waals surface area contributed by atoms with E-state index in [1.807, 2.05) is 36.2 Å². The van der Waals surface area contributed by atoms with Crippen molar-refractivity contribution < 1.29 is 4.79 Å². The van der Waals surface area contributed by atoms with Crippen LogP contribution in [-0.4, -0.2) is 39.6 Å². The molecule has 5 heteroatoms. The Balaban J connectivity index is 1.54. The second-order valence-corrected chi connectivity index (χ2v) is 8.07. The summed E-state index contributed by atoms with van der Waals surface area (Å²) >= 11 is 1.67. The summed E-state index contributed by atoms with van der Waals surface area (Å²) in [5.41, 5.74) is 2.05. The Bertz CT molecular complexity index is 643. The molecule has 1 aliphatic carbocycles. The van der Waals surface area contributed by atoms with Crippen LogP contribution in [0.25, 0.3) is 11.0 Å². The Hall–Kier alpha value is -1.49. The first kappa shape index (κ1) is 17.3. The number of benzene rings is 1. The molecule has 1 N–H and O–H groups in total. The van der Waals surface area contributed by atoms with Crippen molar-refractivity contribution in [1.29, 1.82) is 0 Å². The molecular formula is C19H27N3OS. The van der Waals surface area contributed by atoms with Crippen molar-refractivity contribution in [2.24, 2.45) is 0 Å². The highest BCUT2D eigenvalue weighted by atomic mass is 32.2. The van der Waals surface area contributed by atoms with Crippen LogP contribution in [0.15, 0.2) is 24.3 Å². The minimum atomic E-state index is 0.184. The first-order valence-electron chi connectivity index (χ1n) is 8.97. The van der Waals surface area contributed by atoms with Gasteiger partial charge in [0.05, 0.1) is 22.0 Å². The van der Waals surface area contributed by atoms with Gasteiger partial charge in [0.25, 0.3) is 0 Å². The van der Waals surface area contributed by atoms with E-state index in [1.165, 1.54) is 25.7 Å². The van der Waals surface area contributed by atoms with Gasteiger partial charge in [-0.25, -0.2) is 4.98 Å². The van der Waals surface area contributed by atoms with E-state index in [0.29, 0.717) is 11.8 Å². The Labute approximate surface area is 148 Å². The van der Waals surface area contributed by atoms with E-state index in [4.69, 9.17) is 0 Å². The third kappa shape index (κ3) is 4.12. The molecule has 1 unspecified atom stereocenters. The van der Waals surface area contributed by atoms with E-state index >= 15 is 0 Å². The molecule has 4 nitrogen and oxygen atoms in total. The van der Waals surface area contributed by atoms with Gasteiger partial charge in [0.15, 0.2) is 0 Å². The second kappa shape index (κ2) is 8.06. The van der Waals surface area contributed by atoms with Crippen LogP contribution in [-0.2, 0) is 4.79 Å². The molecule has 1 fully saturated rings. The van der Waals surface area contributed by atoms with E-state index in [9.17, 15) is 4.79 Å². The number of carbonyl (C=O) groups excluding carboxylic acids is 1. The summed E-state index contributed by atoms with van der Waals surface area (Å²) in [5, 5.41) is 0.184. The van der Waals surface area contributed by atoms with Crippen molar-refractivity contribution in [3.63, 3.8) is 0 Å². The lowest BCUT2D eigenvalue weighted by atomic mass is 10.1. The van der Waals surface area contributed by atoms with Crippen molar-refractivity contribution in [2.75, 3.05) is 12.8 Å². The third-order valence-electron chi connectivity index (χ3n) is 5.02. The van der Waals surface area contributed by atoms with Gasteiger partial charge in [-0.15, -0.1) is 11.8 Å². The summed E-state index contributed by atoms with van der Waals surface area (Å²) in [5.74, 6) is 1.71. The van der Waals surface area contributed by atoms with Gasteiger partial charge < -0.3 is 9.88 Å². The van der Waals surface area contributed by atoms with Crippen LogP contribution in [0, 0.1) is 0 Å². The highest BCUT2D eigenvalue weighted by Gasteiger charge is 2.22. The summed E-state index contributed by atoms with van der Waals surface area (Å²) in [4.78, 5) is 22.5. The minimum Gasteiger partial charge on any atom is -0.342 e. The lowest BCUT2D eigenvalue weighted by Crippen LogP contribution is -2.37. The Morgan fingerprint density at radius 1 is 1.29 bits per heavy atom. The number of carbonyl (C=O) groups is 1. The van der Waals surface area contributed by atoms with E-state index in [1.54, 1.807) is 11.8 Å². The molecule has 1 aliphatic rings. The number of imidazole rings is 1. The maximum absolute atomic E-state index is 12.5. The first-order chi connectivity index (χ1) is 11.6. The van der Waals surface area contributed by atoms with Crippen LogP contribution in [0.4, 0.5) is 0 Å². The largest absolute Gasteiger partial charge is 0.342 e. The molecule has 3 rings (SSSR count). The Morgan fingerprint density at radius 3 is 2.71 bits per heavy atom. The van der Waals surface area contributed by atoms with Crippen molar-refractivity contribution in [1.82, 2.24) is 14.9 Å². The molecular weight excluding hydrogens is 318 g/mol. The van der Waals surface area contributed by atoms with Crippen molar-refractivity contribution >= 4 is 28.7 Å². The molecule has 1 aromatic carbocycles. The van der Waals surface area contributed by atoms with E-state index in [2.05, 4.69) is 16.9 Å². The van der Waals surface area contributed by atoms with Crippen molar-refractivity contribution in [2.45, 2.75) is 56.7 Å². The van der Waals surface area contributed by atoms with Crippen molar-refractivity contribution in [3.05, 3.63) is 30.1 Å². The summed E-state index contributed by atoms with van der Waals surface area (Å²) in [6, 6.07) is 8.48. The van der Waals surface area contributed by atoms with Crippen LogP contribution in [0.5, 0.6) is 0 Å². The Morgan fingerprint density at radius 2 is 2.00 bits per heavy atom. The quantitative estimate of drug-likeness (QED) is 0.810. The number of nitrogens with one attached hydrogen (secondary N) is 1. The van der Waals surface area contributed by atoms with Gasteiger partial charge in [-0.1, -0.05) is 37.8 Å². The number of rotatable bonds is 5. The number of amides is 1. The summed E-state index contributed by atoms with van der Waals surface area (Å²) in [6.07, 6.45) is 7.46. The zero-order valence-corrected chi connectivity index (χ0v) is 15.4. The van der Waals surface area contributed by atoms with Gasteiger partial charge in [-0.05, 0) is 31.9 Å². The van der Waals surface area contributed by atoms with Crippen LogP contribution in [0.3, 0.4) is 0 Å². The second-order valence-electron chi connectivity index (χ2n) is 6.74. The number of para-hydroxylation sites is 2. The number of hydrogen-bond acceptors (Lipinski definition) is 3. The average molecular weight is 346 g/mol. The molecule has 0 aliphatic heterocycles. The molecule has 24 heavy (non-hydrogen) atoms. The molecule has 0 radical (unpaired) electrons. The lowest BCUT2D eigenvalue weighted by molar-refractivity contribution is -0.129. The molecule has 130 valence electrons. The van der Waals surface area contributed by atoms with E-state index < -0.39 is 0 Å². The minimum absolute atomic E-state index is 0.184. The van der Waals surface area contributed by atoms with E-state index in [0.717, 1.165) is 29.7 Å². The summed E-state index contributed by atoms with van der Waals surface area (Å²) < 4.78 is 0. The smallest absolute Gasteiger partial charge is 0.232 e. The molecule has 1 amide bonds. The van der Waals surface area contributed by atoms with Gasteiger partial charge in [0.2, 0.25) is 5.91 Å². The van der Waals surface area contributed by atoms with Crippen LogP contribution in [0.1, 0.15) is 56.5 Å². The lowest BCUT2D eigenvalue weighted by Gasteiger charge is -2.27. The number of nitrogens with zero attached hydrogens (tertiary/aromatic N) is 2. The monoisotopic (exact) mass is 345 g/mol. The Kier molecular flexibility index (Phi) is 5.82. The fraction of sp³-hybridized carbons (Fsp3) is 0.579. The third-order valence-corrected chi connectivity index (χ3v) is 6.15. The van der Waals surface area contributed by atoms with Gasteiger partial charge in [0.1, 0.15) is 5.82 Å². The van der Waals surface area contributed by atoms with Crippen LogP contribution in [0.2, 0.25) is 0 Å². The fourth-order valence-corrected chi connectivity index (χ4v) is 4.26. The normalized spacial score (nSPS) is 17.6. The zero-order valence-electron chi connectivity index (χ0n) is 14.6.